The Morgan fingerprint density at radius 1 is 1.19 bits per heavy atom. The van der Waals surface area contributed by atoms with E-state index in [0.717, 1.165) is 36.7 Å². The van der Waals surface area contributed by atoms with Crippen LogP contribution in [0, 0.1) is 30.5 Å². The molecular weight excluding hydrogens is 393 g/mol. The molecular formula is C24H24FN5O. The quantitative estimate of drug-likeness (QED) is 0.635. The molecule has 0 N–H and O–H groups in total. The molecule has 7 heteroatoms. The summed E-state index contributed by atoms with van der Waals surface area (Å²) in [7, 11) is 0. The van der Waals surface area contributed by atoms with Crippen molar-refractivity contribution in [1.82, 2.24) is 19.8 Å². The first-order valence-corrected chi connectivity index (χ1v) is 10.8. The maximum absolute atomic E-state index is 14.0. The first kappa shape index (κ1) is 18.7. The third-order valence-corrected chi connectivity index (χ3v) is 7.35. The van der Waals surface area contributed by atoms with Gasteiger partial charge in [-0.2, -0.15) is 10.2 Å². The number of fused-ring (bicyclic) bond motifs is 1. The number of hydrazone groups is 1. The number of nitrogens with zero attached hydrogens (tertiary/aromatic N) is 5. The number of hydrogen-bond acceptors (Lipinski definition) is 4. The van der Waals surface area contributed by atoms with Gasteiger partial charge in [0.1, 0.15) is 5.82 Å². The predicted octanol–water partition coefficient (Wildman–Crippen LogP) is 4.32. The van der Waals surface area contributed by atoms with E-state index in [4.69, 9.17) is 0 Å². The van der Waals surface area contributed by atoms with E-state index in [1.54, 1.807) is 24.3 Å². The smallest absolute Gasteiger partial charge is 0.249 e. The van der Waals surface area contributed by atoms with Gasteiger partial charge in [0, 0.05) is 30.8 Å². The number of rotatable bonds is 4. The third kappa shape index (κ3) is 2.68. The minimum atomic E-state index is -0.345. The van der Waals surface area contributed by atoms with Crippen LogP contribution >= 0.6 is 0 Å². The fraction of sp³-hybridized carbons (Fsp3) is 0.417. The number of aromatic nitrogens is 3. The van der Waals surface area contributed by atoms with Crippen molar-refractivity contribution >= 4 is 23.0 Å². The summed E-state index contributed by atoms with van der Waals surface area (Å²) in [6.07, 6.45) is 8.52. The lowest BCUT2D eigenvalue weighted by molar-refractivity contribution is -0.223. The van der Waals surface area contributed by atoms with Gasteiger partial charge < -0.3 is 0 Å². The number of carbonyl (C=O) groups excluding carboxylic acids is 1. The molecule has 3 aromatic rings. The molecule has 3 fully saturated rings. The molecule has 3 aliphatic carbocycles. The summed E-state index contributed by atoms with van der Waals surface area (Å²) < 4.78 is 16.1. The van der Waals surface area contributed by atoms with E-state index in [-0.39, 0.29) is 28.6 Å². The Morgan fingerprint density at radius 2 is 2.00 bits per heavy atom. The molecule has 0 spiro atoms. The van der Waals surface area contributed by atoms with Crippen molar-refractivity contribution in [1.29, 1.82) is 0 Å². The lowest BCUT2D eigenvalue weighted by Gasteiger charge is -2.69. The SMILES string of the molecule is Cc1ccc2c(cnn2CC23CC(C(=O)N4N=CCC4c4cnc(C)c(F)c4)(C2)C3)c1. The topological polar surface area (TPSA) is 63.4 Å². The van der Waals surface area contributed by atoms with Gasteiger partial charge in [-0.3, -0.25) is 14.5 Å². The third-order valence-electron chi connectivity index (χ3n) is 7.35. The van der Waals surface area contributed by atoms with E-state index >= 15 is 0 Å². The van der Waals surface area contributed by atoms with Crippen LogP contribution in [-0.4, -0.2) is 31.9 Å². The molecule has 1 atom stereocenters. The molecule has 6 nitrogen and oxygen atoms in total. The van der Waals surface area contributed by atoms with Crippen LogP contribution in [0.4, 0.5) is 4.39 Å². The van der Waals surface area contributed by atoms with Gasteiger partial charge in [-0.05, 0) is 62.3 Å². The average Bonchev–Trinajstić information content (AvgIpc) is 3.32. The van der Waals surface area contributed by atoms with Gasteiger partial charge in [-0.1, -0.05) is 11.6 Å². The second-order valence-corrected chi connectivity index (χ2v) is 9.71. The summed E-state index contributed by atoms with van der Waals surface area (Å²) in [5.41, 5.74) is 3.27. The van der Waals surface area contributed by atoms with Crippen LogP contribution in [0.5, 0.6) is 0 Å². The summed E-state index contributed by atoms with van der Waals surface area (Å²) in [6, 6.07) is 7.61. The second-order valence-electron chi connectivity index (χ2n) is 9.71. The summed E-state index contributed by atoms with van der Waals surface area (Å²) in [4.78, 5) is 17.5. The van der Waals surface area contributed by atoms with Crippen LogP contribution in [0.25, 0.3) is 10.9 Å². The van der Waals surface area contributed by atoms with Crippen LogP contribution < -0.4 is 0 Å². The van der Waals surface area contributed by atoms with Crippen molar-refractivity contribution in [2.24, 2.45) is 15.9 Å². The fourth-order valence-corrected chi connectivity index (χ4v) is 5.88. The van der Waals surface area contributed by atoms with Gasteiger partial charge in [-0.15, -0.1) is 0 Å². The normalized spacial score (nSPS) is 28.6. The highest BCUT2D eigenvalue weighted by atomic mass is 19.1. The number of carbonyl (C=O) groups is 1. The highest BCUT2D eigenvalue weighted by Gasteiger charge is 2.72. The predicted molar refractivity (Wildman–Crippen MR) is 115 cm³/mol. The van der Waals surface area contributed by atoms with Gasteiger partial charge in [0.2, 0.25) is 5.91 Å². The number of amides is 1. The molecule has 0 radical (unpaired) electrons. The zero-order chi connectivity index (χ0) is 21.4. The summed E-state index contributed by atoms with van der Waals surface area (Å²) in [5.74, 6) is -0.280. The van der Waals surface area contributed by atoms with E-state index < -0.39 is 0 Å². The molecule has 1 unspecified atom stereocenters. The first-order valence-electron chi connectivity index (χ1n) is 10.8. The minimum absolute atomic E-state index is 0.0649. The van der Waals surface area contributed by atoms with Crippen LogP contribution in [0.1, 0.15) is 48.5 Å². The molecule has 3 saturated carbocycles. The van der Waals surface area contributed by atoms with Gasteiger partial charge in [0.25, 0.3) is 0 Å². The molecule has 31 heavy (non-hydrogen) atoms. The van der Waals surface area contributed by atoms with Crippen molar-refractivity contribution < 1.29 is 9.18 Å². The second kappa shape index (κ2) is 6.22. The average molecular weight is 417 g/mol. The van der Waals surface area contributed by atoms with E-state index in [1.807, 2.05) is 6.20 Å². The standard InChI is InChI=1S/C24H24FN5O/c1-15-3-4-20-17(7-15)10-28-29(20)14-23-11-24(12-23,13-23)22(31)30-21(5-6-27-30)18-8-19(25)16(2)26-9-18/h3-4,6-10,21H,5,11-14H2,1-2H3. The zero-order valence-electron chi connectivity index (χ0n) is 17.7. The number of aryl methyl sites for hydroxylation is 2. The molecule has 3 heterocycles. The van der Waals surface area contributed by atoms with Gasteiger partial charge in [0.15, 0.2) is 0 Å². The number of halogens is 1. The maximum Gasteiger partial charge on any atom is 0.249 e. The van der Waals surface area contributed by atoms with Crippen molar-refractivity contribution in [2.45, 2.75) is 52.1 Å². The van der Waals surface area contributed by atoms with E-state index in [2.05, 4.69) is 45.0 Å². The number of hydrogen-bond donors (Lipinski definition) is 0. The van der Waals surface area contributed by atoms with Crippen LogP contribution in [0.2, 0.25) is 0 Å². The van der Waals surface area contributed by atoms with Crippen LogP contribution in [-0.2, 0) is 11.3 Å². The molecule has 1 aliphatic heterocycles. The van der Waals surface area contributed by atoms with Gasteiger partial charge in [-0.25, -0.2) is 9.40 Å². The summed E-state index contributed by atoms with van der Waals surface area (Å²) in [5, 5.41) is 11.7. The van der Waals surface area contributed by atoms with Crippen LogP contribution in [0.15, 0.2) is 41.8 Å². The van der Waals surface area contributed by atoms with Crippen molar-refractivity contribution in [2.75, 3.05) is 0 Å². The number of pyridine rings is 1. The molecule has 7 rings (SSSR count). The maximum atomic E-state index is 14.0. The molecule has 0 saturated heterocycles. The van der Waals surface area contributed by atoms with Gasteiger partial charge in [0.05, 0.1) is 28.9 Å². The Labute approximate surface area is 179 Å². The lowest BCUT2D eigenvalue weighted by Crippen LogP contribution is -2.68. The Morgan fingerprint density at radius 3 is 2.77 bits per heavy atom. The van der Waals surface area contributed by atoms with E-state index in [1.165, 1.54) is 11.6 Å². The van der Waals surface area contributed by atoms with E-state index in [9.17, 15) is 9.18 Å². The Bertz CT molecular complexity index is 1240. The number of benzene rings is 1. The summed E-state index contributed by atoms with van der Waals surface area (Å²) >= 11 is 0. The Balaban J connectivity index is 1.17. The molecule has 4 aliphatic rings. The molecule has 2 aromatic heterocycles. The first-order chi connectivity index (χ1) is 14.9. The Kier molecular flexibility index (Phi) is 3.74. The largest absolute Gasteiger partial charge is 0.272 e. The minimum Gasteiger partial charge on any atom is -0.272 e. The molecule has 1 amide bonds. The highest BCUT2D eigenvalue weighted by Crippen LogP contribution is 2.74. The highest BCUT2D eigenvalue weighted by molar-refractivity contribution is 5.88. The Hall–Kier alpha value is -3.09. The monoisotopic (exact) mass is 417 g/mol. The van der Waals surface area contributed by atoms with Crippen LogP contribution in [0.3, 0.4) is 0 Å². The fourth-order valence-electron chi connectivity index (χ4n) is 5.88. The van der Waals surface area contributed by atoms with E-state index in [0.29, 0.717) is 17.7 Å². The van der Waals surface area contributed by atoms with Gasteiger partial charge >= 0.3 is 0 Å². The summed E-state index contributed by atoms with van der Waals surface area (Å²) in [6.45, 7) is 4.56. The van der Waals surface area contributed by atoms with Crippen molar-refractivity contribution in [3.8, 4) is 0 Å². The molecule has 158 valence electrons. The van der Waals surface area contributed by atoms with Crippen molar-refractivity contribution in [3.63, 3.8) is 0 Å². The lowest BCUT2D eigenvalue weighted by atomic mass is 9.34. The molecule has 1 aromatic carbocycles. The zero-order valence-corrected chi connectivity index (χ0v) is 17.7. The van der Waals surface area contributed by atoms with Crippen molar-refractivity contribution in [3.05, 3.63) is 59.3 Å². The molecule has 2 bridgehead atoms.